The Bertz CT molecular complexity index is 240. The summed E-state index contributed by atoms with van der Waals surface area (Å²) in [4.78, 5) is 14.5. The molecule has 0 N–H and O–H groups in total. The smallest absolute Gasteiger partial charge is 0.319 e. The summed E-state index contributed by atoms with van der Waals surface area (Å²) in [6, 6.07) is 0.140. The second-order valence-electron chi connectivity index (χ2n) is 3.96. The average molecular weight is 284 g/mol. The quantitative estimate of drug-likeness (QED) is 0.645. The Labute approximate surface area is 109 Å². The topological polar surface area (TPSA) is 57.7 Å². The van der Waals surface area contributed by atoms with E-state index in [0.717, 1.165) is 19.5 Å². The van der Waals surface area contributed by atoms with Crippen LogP contribution in [0.2, 0.25) is 0 Å². The summed E-state index contributed by atoms with van der Waals surface area (Å²) in [5.41, 5.74) is 0. The zero-order chi connectivity index (χ0) is 14.0. The van der Waals surface area contributed by atoms with E-state index in [9.17, 15) is 13.2 Å². The minimum Gasteiger partial charge on any atom is -0.328 e. The fourth-order valence-corrected chi connectivity index (χ4v) is 1.03. The van der Waals surface area contributed by atoms with Gasteiger partial charge < -0.3 is 9.80 Å². The van der Waals surface area contributed by atoms with Crippen molar-refractivity contribution in [1.29, 1.82) is 0 Å². The maximum absolute atomic E-state index is 11.0. The van der Waals surface area contributed by atoms with Gasteiger partial charge in [-0.2, -0.15) is 0 Å². The highest BCUT2D eigenvalue weighted by atomic mass is 32.2. The largest absolute Gasteiger partial charge is 0.328 e. The van der Waals surface area contributed by atoms with E-state index in [2.05, 4.69) is 0 Å². The van der Waals surface area contributed by atoms with Gasteiger partial charge in [-0.1, -0.05) is 0 Å². The van der Waals surface area contributed by atoms with Gasteiger partial charge in [0, 0.05) is 73.8 Å². The van der Waals surface area contributed by atoms with E-state index in [1.165, 1.54) is 0 Å². The van der Waals surface area contributed by atoms with Crippen LogP contribution in [-0.4, -0.2) is 76.5 Å². The van der Waals surface area contributed by atoms with E-state index in [4.69, 9.17) is 0 Å². The molecule has 0 saturated carbocycles. The lowest BCUT2D eigenvalue weighted by Crippen LogP contribution is -2.44. The van der Waals surface area contributed by atoms with Crippen LogP contribution in [0.1, 0.15) is 6.42 Å². The molecule has 104 valence electrons. The van der Waals surface area contributed by atoms with Crippen molar-refractivity contribution in [3.05, 3.63) is 0 Å². The molecule has 2 amide bonds. The van der Waals surface area contributed by atoms with Gasteiger partial charge in [0.2, 0.25) is 0 Å². The number of hydrogen-bond acceptors (Lipinski definition) is 3. The molecule has 0 bridgehead atoms. The number of hydrogen-bond donors (Lipinski definition) is 0. The first kappa shape index (κ1) is 18.9. The van der Waals surface area contributed by atoms with Crippen molar-refractivity contribution in [3.8, 4) is 0 Å². The van der Waals surface area contributed by atoms with Crippen molar-refractivity contribution in [2.75, 3.05) is 52.2 Å². The summed E-state index contributed by atoms with van der Waals surface area (Å²) in [7, 11) is 2.44. The molecule has 1 rings (SSSR count). The summed E-state index contributed by atoms with van der Waals surface area (Å²) in [6.07, 6.45) is 7.65. The van der Waals surface area contributed by atoms with Crippen LogP contribution < -0.4 is 0 Å². The van der Waals surface area contributed by atoms with E-state index in [0.29, 0.717) is 0 Å². The molecule has 7 heteroatoms. The monoisotopic (exact) mass is 284 g/mol. The molecule has 1 heterocycles. The molecule has 0 aromatic rings. The zero-order valence-corrected chi connectivity index (χ0v) is 13.2. The number of carbonyl (C=O) groups is 1. The molecule has 1 aliphatic rings. The lowest BCUT2D eigenvalue weighted by Gasteiger charge is -2.30. The Balaban J connectivity index is 0. The van der Waals surface area contributed by atoms with Crippen molar-refractivity contribution in [2.45, 2.75) is 6.42 Å². The third kappa shape index (κ3) is 15.6. The van der Waals surface area contributed by atoms with Crippen molar-refractivity contribution in [2.24, 2.45) is 0 Å². The molecule has 0 aliphatic carbocycles. The predicted molar refractivity (Wildman–Crippen MR) is 75.3 cm³/mol. The summed E-state index contributed by atoms with van der Waals surface area (Å²) in [6.45, 7) is 1.81. The first-order chi connectivity index (χ1) is 7.68. The standard InChI is InChI=1S/C6H12N2O.2C2H6OS/c1-7-4-3-5-8(2)6(7)9;2*1-4(2)3/h3-5H2,1-2H3;2*1-2H3. The van der Waals surface area contributed by atoms with Gasteiger partial charge in [-0.25, -0.2) is 4.79 Å². The predicted octanol–water partition coefficient (Wildman–Crippen LogP) is 0.363. The molecule has 1 fully saturated rings. The fourth-order valence-electron chi connectivity index (χ4n) is 1.03. The minimum atomic E-state index is -0.611. The third-order valence-electron chi connectivity index (χ3n) is 1.64. The zero-order valence-electron chi connectivity index (χ0n) is 11.6. The molecule has 0 spiro atoms. The summed E-state index contributed by atoms with van der Waals surface area (Å²) in [5.74, 6) is 0. The molecular formula is C10H24N2O3S2. The van der Waals surface area contributed by atoms with Gasteiger partial charge in [0.05, 0.1) is 0 Å². The molecule has 1 aliphatic heterocycles. The molecule has 1 saturated heterocycles. The van der Waals surface area contributed by atoms with E-state index < -0.39 is 21.6 Å². The van der Waals surface area contributed by atoms with E-state index in [-0.39, 0.29) is 6.03 Å². The minimum absolute atomic E-state index is 0.140. The summed E-state index contributed by atoms with van der Waals surface area (Å²) < 4.78 is 19.1. The molecule has 0 unspecified atom stereocenters. The molecule has 5 nitrogen and oxygen atoms in total. The van der Waals surface area contributed by atoms with E-state index in [1.807, 2.05) is 14.1 Å². The van der Waals surface area contributed by atoms with Crippen molar-refractivity contribution in [3.63, 3.8) is 0 Å². The highest BCUT2D eigenvalue weighted by Crippen LogP contribution is 2.02. The summed E-state index contributed by atoms with van der Waals surface area (Å²) >= 11 is 0. The molecule has 0 aromatic carbocycles. The van der Waals surface area contributed by atoms with Crippen molar-refractivity contribution in [1.82, 2.24) is 9.80 Å². The van der Waals surface area contributed by atoms with Crippen LogP contribution in [0.15, 0.2) is 0 Å². The van der Waals surface area contributed by atoms with Gasteiger partial charge in [-0.3, -0.25) is 8.42 Å². The number of nitrogens with zero attached hydrogens (tertiary/aromatic N) is 2. The highest BCUT2D eigenvalue weighted by molar-refractivity contribution is 7.83. The molecule has 0 radical (unpaired) electrons. The van der Waals surface area contributed by atoms with Gasteiger partial charge in [-0.15, -0.1) is 0 Å². The second kappa shape index (κ2) is 10.7. The molecular weight excluding hydrogens is 260 g/mol. The second-order valence-corrected chi connectivity index (χ2v) is 6.93. The van der Waals surface area contributed by atoms with Crippen LogP contribution in [0.5, 0.6) is 0 Å². The Morgan fingerprint density at radius 1 is 0.882 bits per heavy atom. The SMILES string of the molecule is CN1CCCN(C)C1=O.CS(C)=O.CS(C)=O. The van der Waals surface area contributed by atoms with Crippen LogP contribution in [-0.2, 0) is 21.6 Å². The first-order valence-electron chi connectivity index (χ1n) is 5.14. The average Bonchev–Trinajstić information content (AvgIpc) is 2.12. The van der Waals surface area contributed by atoms with E-state index in [1.54, 1.807) is 34.8 Å². The Kier molecular flexibility index (Phi) is 11.9. The first-order valence-corrected chi connectivity index (χ1v) is 9.08. The van der Waals surface area contributed by atoms with Crippen LogP contribution >= 0.6 is 0 Å². The maximum atomic E-state index is 11.0. The number of urea groups is 1. The van der Waals surface area contributed by atoms with E-state index >= 15 is 0 Å². The van der Waals surface area contributed by atoms with Crippen LogP contribution in [0, 0.1) is 0 Å². The van der Waals surface area contributed by atoms with Crippen LogP contribution in [0.25, 0.3) is 0 Å². The number of amides is 2. The van der Waals surface area contributed by atoms with Gasteiger partial charge in [0.25, 0.3) is 0 Å². The van der Waals surface area contributed by atoms with Crippen LogP contribution in [0.4, 0.5) is 4.79 Å². The van der Waals surface area contributed by atoms with Gasteiger partial charge in [0.1, 0.15) is 0 Å². The number of rotatable bonds is 0. The van der Waals surface area contributed by atoms with Crippen molar-refractivity contribution >= 4 is 27.6 Å². The van der Waals surface area contributed by atoms with Gasteiger partial charge in [-0.05, 0) is 6.42 Å². The third-order valence-corrected chi connectivity index (χ3v) is 1.64. The molecule has 0 atom stereocenters. The van der Waals surface area contributed by atoms with Crippen molar-refractivity contribution < 1.29 is 13.2 Å². The van der Waals surface area contributed by atoms with Gasteiger partial charge in [0.15, 0.2) is 0 Å². The lowest BCUT2D eigenvalue weighted by molar-refractivity contribution is 0.153. The van der Waals surface area contributed by atoms with Crippen LogP contribution in [0.3, 0.4) is 0 Å². The van der Waals surface area contributed by atoms with Gasteiger partial charge >= 0.3 is 6.03 Å². The highest BCUT2D eigenvalue weighted by Gasteiger charge is 2.17. The Hall–Kier alpha value is -0.430. The normalized spacial score (nSPS) is 15.2. The molecule has 0 aromatic heterocycles. The maximum Gasteiger partial charge on any atom is 0.319 e. The number of carbonyl (C=O) groups excluding carboxylic acids is 1. The Morgan fingerprint density at radius 2 is 1.12 bits per heavy atom. The lowest BCUT2D eigenvalue weighted by atomic mass is 10.3. The molecule has 17 heavy (non-hydrogen) atoms. The fraction of sp³-hybridized carbons (Fsp3) is 0.900. The Morgan fingerprint density at radius 3 is 1.29 bits per heavy atom. The summed E-state index contributed by atoms with van der Waals surface area (Å²) in [5, 5.41) is 0.